The Morgan fingerprint density at radius 1 is 1.39 bits per heavy atom. The Kier molecular flexibility index (Phi) is 4.77. The highest BCUT2D eigenvalue weighted by Gasteiger charge is 2.33. The molecule has 1 saturated heterocycles. The van der Waals surface area contributed by atoms with Gasteiger partial charge in [0.15, 0.2) is 5.12 Å². The van der Waals surface area contributed by atoms with Gasteiger partial charge >= 0.3 is 0 Å². The van der Waals surface area contributed by atoms with E-state index in [1.165, 1.54) is 18.7 Å². The number of anilines is 1. The fraction of sp³-hybridized carbons (Fsp3) is 0.250. The molecule has 1 unspecified atom stereocenters. The Hall–Kier alpha value is -1.73. The van der Waals surface area contributed by atoms with E-state index in [9.17, 15) is 9.59 Å². The van der Waals surface area contributed by atoms with Gasteiger partial charge in [0.05, 0.1) is 5.69 Å². The van der Waals surface area contributed by atoms with Gasteiger partial charge in [-0.2, -0.15) is 0 Å². The second-order valence-electron chi connectivity index (χ2n) is 5.19. The minimum atomic E-state index is -0.0462. The van der Waals surface area contributed by atoms with Gasteiger partial charge in [0.25, 0.3) is 0 Å². The molecule has 2 aromatic rings. The smallest absolute Gasteiger partial charge is 0.232 e. The Morgan fingerprint density at radius 2 is 2.22 bits per heavy atom. The summed E-state index contributed by atoms with van der Waals surface area (Å²) in [4.78, 5) is 33.7. The van der Waals surface area contributed by atoms with Gasteiger partial charge in [0.2, 0.25) is 11.9 Å². The van der Waals surface area contributed by atoms with Crippen LogP contribution in [0.2, 0.25) is 0 Å². The number of benzene rings is 1. The molecule has 118 valence electrons. The van der Waals surface area contributed by atoms with E-state index in [0.717, 1.165) is 15.7 Å². The number of carbonyl (C=O) groups is 2. The van der Waals surface area contributed by atoms with Crippen LogP contribution in [0.25, 0.3) is 11.3 Å². The third-order valence-electron chi connectivity index (χ3n) is 3.43. The summed E-state index contributed by atoms with van der Waals surface area (Å²) in [6, 6.07) is 9.61. The van der Waals surface area contributed by atoms with Crippen LogP contribution in [-0.2, 0) is 9.59 Å². The number of thioether (sulfide) groups is 1. The summed E-state index contributed by atoms with van der Waals surface area (Å²) in [6.07, 6.45) is 1.99. The van der Waals surface area contributed by atoms with Crippen molar-refractivity contribution in [3.05, 3.63) is 41.0 Å². The Morgan fingerprint density at radius 3 is 2.96 bits per heavy atom. The van der Waals surface area contributed by atoms with Gasteiger partial charge in [-0.25, -0.2) is 9.97 Å². The molecule has 1 aliphatic heterocycles. The Labute approximate surface area is 146 Å². The molecule has 23 heavy (non-hydrogen) atoms. The lowest BCUT2D eigenvalue weighted by Crippen LogP contribution is -2.27. The van der Waals surface area contributed by atoms with Gasteiger partial charge in [0, 0.05) is 41.4 Å². The van der Waals surface area contributed by atoms with Gasteiger partial charge in [0.1, 0.15) is 0 Å². The van der Waals surface area contributed by atoms with Gasteiger partial charge in [-0.05, 0) is 18.2 Å². The third kappa shape index (κ3) is 3.79. The molecule has 1 aromatic carbocycles. The van der Waals surface area contributed by atoms with Crippen LogP contribution < -0.4 is 4.90 Å². The maximum Gasteiger partial charge on any atom is 0.232 e. The highest BCUT2D eigenvalue weighted by Crippen LogP contribution is 2.28. The average Bonchev–Trinajstić information content (AvgIpc) is 2.87. The predicted octanol–water partition coefficient (Wildman–Crippen LogP) is 3.29. The van der Waals surface area contributed by atoms with E-state index in [-0.39, 0.29) is 16.3 Å². The highest BCUT2D eigenvalue weighted by atomic mass is 79.9. The zero-order valence-electron chi connectivity index (χ0n) is 12.4. The molecule has 0 bridgehead atoms. The van der Waals surface area contributed by atoms with E-state index in [4.69, 9.17) is 0 Å². The number of aromatic nitrogens is 2. The lowest BCUT2D eigenvalue weighted by atomic mass is 10.1. The van der Waals surface area contributed by atoms with Gasteiger partial charge < -0.3 is 0 Å². The summed E-state index contributed by atoms with van der Waals surface area (Å²) in [5, 5.41) is -0.00780. The molecule has 5 nitrogen and oxygen atoms in total. The van der Waals surface area contributed by atoms with Crippen LogP contribution in [-0.4, -0.2) is 32.8 Å². The lowest BCUT2D eigenvalue weighted by Gasteiger charge is -2.14. The second-order valence-corrected chi connectivity index (χ2v) is 7.59. The van der Waals surface area contributed by atoms with E-state index in [0.29, 0.717) is 18.9 Å². The molecule has 2 heterocycles. The van der Waals surface area contributed by atoms with Crippen molar-refractivity contribution in [1.82, 2.24) is 9.97 Å². The predicted molar refractivity (Wildman–Crippen MR) is 94.2 cm³/mol. The van der Waals surface area contributed by atoms with Crippen LogP contribution in [0.5, 0.6) is 0 Å². The number of halogens is 1. The molecule has 0 saturated carbocycles. The minimum absolute atomic E-state index is 0.0217. The molecule has 1 amide bonds. The summed E-state index contributed by atoms with van der Waals surface area (Å²) in [7, 11) is 0. The Bertz CT molecular complexity index is 768. The first-order valence-electron chi connectivity index (χ1n) is 7.09. The SMILES string of the molecule is CC(=O)SC1CC(=O)N(c2nccc(-c3cccc(Br)c3)n2)C1. The molecule has 3 rings (SSSR count). The first-order chi connectivity index (χ1) is 11.0. The largest absolute Gasteiger partial charge is 0.288 e. The number of hydrogen-bond acceptors (Lipinski definition) is 5. The molecule has 0 spiro atoms. The summed E-state index contributed by atoms with van der Waals surface area (Å²) < 4.78 is 0.963. The van der Waals surface area contributed by atoms with Crippen molar-refractivity contribution in [2.24, 2.45) is 0 Å². The normalized spacial score (nSPS) is 17.6. The molecule has 1 aromatic heterocycles. The van der Waals surface area contributed by atoms with Crippen molar-refractivity contribution in [1.29, 1.82) is 0 Å². The van der Waals surface area contributed by atoms with Crippen LogP contribution in [0, 0.1) is 0 Å². The Balaban J connectivity index is 1.85. The van der Waals surface area contributed by atoms with E-state index >= 15 is 0 Å². The van der Waals surface area contributed by atoms with E-state index < -0.39 is 0 Å². The fourth-order valence-electron chi connectivity index (χ4n) is 2.47. The van der Waals surface area contributed by atoms with Crippen LogP contribution in [0.4, 0.5) is 5.95 Å². The number of hydrogen-bond donors (Lipinski definition) is 0. The zero-order valence-corrected chi connectivity index (χ0v) is 14.8. The number of nitrogens with zero attached hydrogens (tertiary/aromatic N) is 3. The average molecular weight is 392 g/mol. The van der Waals surface area contributed by atoms with E-state index in [1.54, 1.807) is 11.1 Å². The molecular weight excluding hydrogens is 378 g/mol. The molecule has 0 radical (unpaired) electrons. The highest BCUT2D eigenvalue weighted by molar-refractivity contribution is 9.10. The number of amides is 1. The fourth-order valence-corrected chi connectivity index (χ4v) is 3.79. The monoisotopic (exact) mass is 391 g/mol. The van der Waals surface area contributed by atoms with Gasteiger partial charge in [-0.15, -0.1) is 0 Å². The van der Waals surface area contributed by atoms with Crippen LogP contribution in [0.3, 0.4) is 0 Å². The first kappa shape index (κ1) is 16.1. The van der Waals surface area contributed by atoms with Crippen molar-refractivity contribution >= 4 is 44.7 Å². The summed E-state index contributed by atoms with van der Waals surface area (Å²) in [6.45, 7) is 1.98. The van der Waals surface area contributed by atoms with Crippen molar-refractivity contribution < 1.29 is 9.59 Å². The molecule has 1 atom stereocenters. The molecular formula is C16H14BrN3O2S. The summed E-state index contributed by atoms with van der Waals surface area (Å²) in [5.41, 5.74) is 1.70. The summed E-state index contributed by atoms with van der Waals surface area (Å²) in [5.74, 6) is 0.342. The van der Waals surface area contributed by atoms with Crippen LogP contribution in [0.15, 0.2) is 41.0 Å². The lowest BCUT2D eigenvalue weighted by molar-refractivity contribution is -0.117. The molecule has 1 aliphatic rings. The summed E-state index contributed by atoms with van der Waals surface area (Å²) >= 11 is 4.65. The molecule has 0 aliphatic carbocycles. The van der Waals surface area contributed by atoms with Crippen molar-refractivity contribution in [3.8, 4) is 11.3 Å². The maximum atomic E-state index is 12.2. The molecule has 7 heteroatoms. The first-order valence-corrected chi connectivity index (χ1v) is 8.77. The van der Waals surface area contributed by atoms with Crippen molar-refractivity contribution in [3.63, 3.8) is 0 Å². The van der Waals surface area contributed by atoms with Crippen molar-refractivity contribution in [2.45, 2.75) is 18.6 Å². The minimum Gasteiger partial charge on any atom is -0.288 e. The van der Waals surface area contributed by atoms with E-state index in [2.05, 4.69) is 25.9 Å². The van der Waals surface area contributed by atoms with Gasteiger partial charge in [-0.1, -0.05) is 39.8 Å². The molecule has 0 N–H and O–H groups in total. The van der Waals surface area contributed by atoms with Gasteiger partial charge in [-0.3, -0.25) is 14.5 Å². The number of rotatable bonds is 3. The number of carbonyl (C=O) groups excluding carboxylic acids is 2. The molecule has 1 fully saturated rings. The van der Waals surface area contributed by atoms with Crippen LogP contribution in [0.1, 0.15) is 13.3 Å². The maximum absolute atomic E-state index is 12.2. The second kappa shape index (κ2) is 6.80. The third-order valence-corrected chi connectivity index (χ3v) is 4.90. The zero-order chi connectivity index (χ0) is 16.4. The van der Waals surface area contributed by atoms with Crippen LogP contribution >= 0.6 is 27.7 Å². The van der Waals surface area contributed by atoms with E-state index in [1.807, 2.05) is 30.3 Å². The van der Waals surface area contributed by atoms with Crippen molar-refractivity contribution in [2.75, 3.05) is 11.4 Å². The quantitative estimate of drug-likeness (QED) is 0.802. The topological polar surface area (TPSA) is 63.2 Å². The standard InChI is InChI=1S/C16H14BrN3O2S/c1-10(21)23-13-8-15(22)20(9-13)16-18-6-5-14(19-16)11-3-2-4-12(17)7-11/h2-7,13H,8-9H2,1H3.